The fourth-order valence-electron chi connectivity index (χ4n) is 2.45. The number of carbonyl (C=O) groups is 1. The lowest BCUT2D eigenvalue weighted by Crippen LogP contribution is -2.36. The predicted octanol–water partition coefficient (Wildman–Crippen LogP) is 4.27. The van der Waals surface area contributed by atoms with Crippen molar-refractivity contribution in [1.29, 1.82) is 0 Å². The first-order valence-corrected chi connectivity index (χ1v) is 9.20. The van der Waals surface area contributed by atoms with Crippen molar-refractivity contribution in [3.05, 3.63) is 22.3 Å². The average molecular weight is 455 g/mol. The molecule has 1 amide bonds. The summed E-state index contributed by atoms with van der Waals surface area (Å²) >= 11 is 2.97. The van der Waals surface area contributed by atoms with E-state index in [1.807, 2.05) is 0 Å². The van der Waals surface area contributed by atoms with Crippen molar-refractivity contribution in [1.82, 2.24) is 9.88 Å². The van der Waals surface area contributed by atoms with Gasteiger partial charge in [0.1, 0.15) is 17.8 Å². The zero-order chi connectivity index (χ0) is 20.2. The maximum Gasteiger partial charge on any atom is 0.421 e. The Hall–Kier alpha value is -1.55. The van der Waals surface area contributed by atoms with E-state index in [9.17, 15) is 18.0 Å². The number of likely N-dealkylation sites (tertiary alicyclic amines) is 1. The monoisotopic (exact) mass is 454 g/mol. The number of rotatable bonds is 5. The van der Waals surface area contributed by atoms with Crippen LogP contribution < -0.4 is 4.74 Å². The Balaban J connectivity index is 1.78. The fraction of sp³-hybridized carbons (Fsp3) is 0.647. The number of carbonyl (C=O) groups excluding carboxylic acids is 1. The number of hydrogen-bond donors (Lipinski definition) is 0. The summed E-state index contributed by atoms with van der Waals surface area (Å²) in [7, 11) is 0. The minimum absolute atomic E-state index is 0.0827. The number of hydrogen-bond acceptors (Lipinski definition) is 5. The third kappa shape index (κ3) is 6.84. The van der Waals surface area contributed by atoms with Gasteiger partial charge < -0.3 is 19.1 Å². The van der Waals surface area contributed by atoms with Gasteiger partial charge in [-0.1, -0.05) is 0 Å². The molecule has 2 heterocycles. The van der Waals surface area contributed by atoms with Crippen LogP contribution in [0.5, 0.6) is 5.88 Å². The molecule has 0 aliphatic carbocycles. The molecule has 27 heavy (non-hydrogen) atoms. The van der Waals surface area contributed by atoms with Crippen LogP contribution >= 0.6 is 15.9 Å². The molecule has 10 heteroatoms. The van der Waals surface area contributed by atoms with Crippen LogP contribution in [0.25, 0.3) is 0 Å². The van der Waals surface area contributed by atoms with Gasteiger partial charge in [-0.2, -0.15) is 13.2 Å². The second kappa shape index (κ2) is 8.64. The maximum absolute atomic E-state index is 13.0. The van der Waals surface area contributed by atoms with Crippen LogP contribution in [0, 0.1) is 0 Å². The summed E-state index contributed by atoms with van der Waals surface area (Å²) in [5.74, 6) is -0.490. The SMILES string of the molecule is CC(C)(C)OC(=O)N1CC[C@@H](OCCOc2ncc(Br)cc2C(F)(F)F)C1. The first kappa shape index (κ1) is 21.7. The molecule has 152 valence electrons. The lowest BCUT2D eigenvalue weighted by molar-refractivity contribution is -0.139. The quantitative estimate of drug-likeness (QED) is 0.621. The summed E-state index contributed by atoms with van der Waals surface area (Å²) in [5.41, 5.74) is -1.52. The molecule has 1 atom stereocenters. The molecule has 1 saturated heterocycles. The molecule has 1 aromatic heterocycles. The molecule has 0 bridgehead atoms. The third-order valence-electron chi connectivity index (χ3n) is 3.60. The van der Waals surface area contributed by atoms with E-state index in [0.29, 0.717) is 19.5 Å². The molecule has 1 fully saturated rings. The van der Waals surface area contributed by atoms with Crippen molar-refractivity contribution in [3.8, 4) is 5.88 Å². The van der Waals surface area contributed by atoms with Crippen molar-refractivity contribution in [3.63, 3.8) is 0 Å². The number of halogens is 4. The van der Waals surface area contributed by atoms with E-state index in [4.69, 9.17) is 14.2 Å². The van der Waals surface area contributed by atoms with Crippen LogP contribution in [0.2, 0.25) is 0 Å². The summed E-state index contributed by atoms with van der Waals surface area (Å²) < 4.78 is 55.2. The number of alkyl halides is 3. The van der Waals surface area contributed by atoms with Gasteiger partial charge in [0.15, 0.2) is 0 Å². The number of aromatic nitrogens is 1. The highest BCUT2D eigenvalue weighted by Crippen LogP contribution is 2.36. The topological polar surface area (TPSA) is 60.9 Å². The molecule has 6 nitrogen and oxygen atoms in total. The number of amides is 1. The Morgan fingerprint density at radius 2 is 2.04 bits per heavy atom. The number of nitrogens with zero attached hydrogens (tertiary/aromatic N) is 2. The van der Waals surface area contributed by atoms with Crippen LogP contribution in [-0.4, -0.2) is 54.0 Å². The van der Waals surface area contributed by atoms with Crippen LogP contribution in [0.3, 0.4) is 0 Å². The summed E-state index contributed by atoms with van der Waals surface area (Å²) in [5, 5.41) is 0. The summed E-state index contributed by atoms with van der Waals surface area (Å²) in [6.07, 6.45) is -3.31. The Kier molecular flexibility index (Phi) is 6.96. The highest BCUT2D eigenvalue weighted by atomic mass is 79.9. The fourth-order valence-corrected chi connectivity index (χ4v) is 2.79. The summed E-state index contributed by atoms with van der Waals surface area (Å²) in [6, 6.07) is 0.916. The molecule has 0 N–H and O–H groups in total. The van der Waals surface area contributed by atoms with Gasteiger partial charge >= 0.3 is 12.3 Å². The molecule has 0 unspecified atom stereocenters. The average Bonchev–Trinajstić information content (AvgIpc) is 2.99. The molecule has 1 aliphatic rings. The molecule has 2 rings (SSSR count). The molecule has 0 aromatic carbocycles. The lowest BCUT2D eigenvalue weighted by atomic mass is 10.2. The van der Waals surface area contributed by atoms with Gasteiger partial charge in [0.25, 0.3) is 0 Å². The van der Waals surface area contributed by atoms with Crippen molar-refractivity contribution in [2.75, 3.05) is 26.3 Å². The highest BCUT2D eigenvalue weighted by Gasteiger charge is 2.36. The van der Waals surface area contributed by atoms with E-state index in [1.165, 1.54) is 6.20 Å². The maximum atomic E-state index is 13.0. The molecule has 1 aliphatic heterocycles. The molecule has 1 aromatic rings. The second-order valence-electron chi connectivity index (χ2n) is 7.06. The number of ether oxygens (including phenoxy) is 3. The minimum atomic E-state index is -4.56. The predicted molar refractivity (Wildman–Crippen MR) is 94.6 cm³/mol. The summed E-state index contributed by atoms with van der Waals surface area (Å²) in [4.78, 5) is 17.2. The van der Waals surface area contributed by atoms with Gasteiger partial charge in [-0.15, -0.1) is 0 Å². The Morgan fingerprint density at radius 1 is 1.33 bits per heavy atom. The van der Waals surface area contributed by atoms with Gasteiger partial charge in [-0.3, -0.25) is 0 Å². The highest BCUT2D eigenvalue weighted by molar-refractivity contribution is 9.10. The largest absolute Gasteiger partial charge is 0.475 e. The Morgan fingerprint density at radius 3 is 2.67 bits per heavy atom. The van der Waals surface area contributed by atoms with E-state index in [-0.39, 0.29) is 23.8 Å². The minimum Gasteiger partial charge on any atom is -0.475 e. The Labute approximate surface area is 164 Å². The second-order valence-corrected chi connectivity index (χ2v) is 7.98. The Bertz CT molecular complexity index is 665. The van der Waals surface area contributed by atoms with Gasteiger partial charge in [0, 0.05) is 17.2 Å². The van der Waals surface area contributed by atoms with Crippen LogP contribution in [0.1, 0.15) is 32.8 Å². The van der Waals surface area contributed by atoms with Crippen LogP contribution in [-0.2, 0) is 15.7 Å². The van der Waals surface area contributed by atoms with Crippen LogP contribution in [0.15, 0.2) is 16.7 Å². The third-order valence-corrected chi connectivity index (χ3v) is 4.03. The van der Waals surface area contributed by atoms with Gasteiger partial charge in [0.2, 0.25) is 5.88 Å². The standard InChI is InChI=1S/C17H22BrF3N2O4/c1-16(2,3)27-15(24)23-5-4-12(10-23)25-6-7-26-14-13(17(19,20)21)8-11(18)9-22-14/h8-9,12H,4-7,10H2,1-3H3/t12-/m1/s1. The number of pyridine rings is 1. The van der Waals surface area contributed by atoms with Crippen molar-refractivity contribution < 1.29 is 32.2 Å². The zero-order valence-corrected chi connectivity index (χ0v) is 16.9. The van der Waals surface area contributed by atoms with Gasteiger partial charge in [-0.25, -0.2) is 9.78 Å². The van der Waals surface area contributed by atoms with Crippen molar-refractivity contribution in [2.24, 2.45) is 0 Å². The summed E-state index contributed by atoms with van der Waals surface area (Å²) in [6.45, 7) is 6.25. The van der Waals surface area contributed by atoms with E-state index < -0.39 is 29.3 Å². The van der Waals surface area contributed by atoms with Crippen molar-refractivity contribution >= 4 is 22.0 Å². The first-order valence-electron chi connectivity index (χ1n) is 8.41. The van der Waals surface area contributed by atoms with E-state index in [0.717, 1.165) is 6.07 Å². The van der Waals surface area contributed by atoms with Crippen LogP contribution in [0.4, 0.5) is 18.0 Å². The normalized spacial score (nSPS) is 17.9. The molecule has 0 spiro atoms. The molecule has 0 saturated carbocycles. The first-order chi connectivity index (χ1) is 12.5. The van der Waals surface area contributed by atoms with Crippen molar-refractivity contribution in [2.45, 2.75) is 45.1 Å². The zero-order valence-electron chi connectivity index (χ0n) is 15.3. The van der Waals surface area contributed by atoms with E-state index in [2.05, 4.69) is 20.9 Å². The van der Waals surface area contributed by atoms with E-state index >= 15 is 0 Å². The van der Waals surface area contributed by atoms with Gasteiger partial charge in [0.05, 0.1) is 19.3 Å². The van der Waals surface area contributed by atoms with Gasteiger partial charge in [-0.05, 0) is 49.2 Å². The lowest BCUT2D eigenvalue weighted by Gasteiger charge is -2.24. The molecule has 0 radical (unpaired) electrons. The molecular formula is C17H22BrF3N2O4. The smallest absolute Gasteiger partial charge is 0.421 e. The van der Waals surface area contributed by atoms with E-state index in [1.54, 1.807) is 25.7 Å². The molecular weight excluding hydrogens is 433 g/mol.